The number of aromatic nitrogens is 3. The molecule has 4 heterocycles. The summed E-state index contributed by atoms with van der Waals surface area (Å²) in [6, 6.07) is 19.6. The largest absolute Gasteiger partial charge is 0.497 e. The first-order valence-electron chi connectivity index (χ1n) is 11.0. The van der Waals surface area contributed by atoms with E-state index in [1.165, 1.54) is 0 Å². The number of anilines is 1. The molecule has 2 unspecified atom stereocenters. The Kier molecular flexibility index (Phi) is 6.14. The van der Waals surface area contributed by atoms with E-state index in [1.54, 1.807) is 26.6 Å². The lowest BCUT2D eigenvalue weighted by Gasteiger charge is -2.30. The van der Waals surface area contributed by atoms with Crippen molar-refractivity contribution < 1.29 is 9.47 Å². The Hall–Kier alpha value is -3.91. The second-order valence-corrected chi connectivity index (χ2v) is 8.34. The molecule has 1 aliphatic rings. The molecule has 1 saturated heterocycles. The maximum atomic E-state index is 5.88. The number of hydrogen-bond acceptors (Lipinski definition) is 5. The molecule has 0 bridgehead atoms. The summed E-state index contributed by atoms with van der Waals surface area (Å²) in [5, 5.41) is 4.11. The van der Waals surface area contributed by atoms with Gasteiger partial charge >= 0.3 is 0 Å². The van der Waals surface area contributed by atoms with Gasteiger partial charge in [-0.2, -0.15) is 0 Å². The van der Waals surface area contributed by atoms with Crippen LogP contribution in [-0.2, 0) is 6.54 Å². The summed E-state index contributed by atoms with van der Waals surface area (Å²) in [6.45, 7) is 0.692. The molecule has 1 fully saturated rings. The van der Waals surface area contributed by atoms with Crippen LogP contribution in [0, 0.1) is 0 Å². The molecule has 2 atom stereocenters. The number of thiocarbonyl (C=S) groups is 1. The molecule has 1 aromatic carbocycles. The predicted molar refractivity (Wildman–Crippen MR) is 135 cm³/mol. The molecule has 172 valence electrons. The Labute approximate surface area is 204 Å². The Balaban J connectivity index is 1.64. The van der Waals surface area contributed by atoms with Crippen molar-refractivity contribution in [1.82, 2.24) is 19.9 Å². The third-order valence-electron chi connectivity index (χ3n) is 5.99. The SMILES string of the molecule is COc1ccc(OC)c(N2C(=S)NC(c3ccccn3)C2c2cccn2Cc2cccnc2)c1. The molecule has 8 heteroatoms. The van der Waals surface area contributed by atoms with Gasteiger partial charge < -0.3 is 24.3 Å². The number of nitrogens with one attached hydrogen (secondary N) is 1. The van der Waals surface area contributed by atoms with Gasteiger partial charge in [-0.3, -0.25) is 9.97 Å². The van der Waals surface area contributed by atoms with Crippen LogP contribution in [0.2, 0.25) is 0 Å². The Morgan fingerprint density at radius 1 is 1.00 bits per heavy atom. The van der Waals surface area contributed by atoms with Gasteiger partial charge in [0.05, 0.1) is 31.6 Å². The number of ether oxygens (including phenoxy) is 2. The summed E-state index contributed by atoms with van der Waals surface area (Å²) >= 11 is 5.88. The average Bonchev–Trinajstić information content (AvgIpc) is 3.48. The highest BCUT2D eigenvalue weighted by atomic mass is 32.1. The highest BCUT2D eigenvalue weighted by Crippen LogP contribution is 2.45. The van der Waals surface area contributed by atoms with Gasteiger partial charge in [-0.15, -0.1) is 0 Å². The second kappa shape index (κ2) is 9.52. The number of rotatable bonds is 7. The molecule has 5 rings (SSSR count). The summed E-state index contributed by atoms with van der Waals surface area (Å²) in [5.74, 6) is 1.44. The zero-order valence-electron chi connectivity index (χ0n) is 19.0. The van der Waals surface area contributed by atoms with Crippen molar-refractivity contribution >= 4 is 23.0 Å². The van der Waals surface area contributed by atoms with Crippen molar-refractivity contribution in [2.24, 2.45) is 0 Å². The van der Waals surface area contributed by atoms with E-state index in [0.717, 1.165) is 28.4 Å². The maximum absolute atomic E-state index is 5.88. The van der Waals surface area contributed by atoms with Gasteiger partial charge in [0.2, 0.25) is 0 Å². The Morgan fingerprint density at radius 2 is 1.91 bits per heavy atom. The highest BCUT2D eigenvalue weighted by molar-refractivity contribution is 7.80. The van der Waals surface area contributed by atoms with Crippen LogP contribution in [0.5, 0.6) is 11.5 Å². The summed E-state index contributed by atoms with van der Waals surface area (Å²) in [6.07, 6.45) is 7.56. The molecule has 0 saturated carbocycles. The Bertz CT molecular complexity index is 1280. The fraction of sp³-hybridized carbons (Fsp3) is 0.192. The van der Waals surface area contributed by atoms with Gasteiger partial charge in [-0.1, -0.05) is 12.1 Å². The number of methoxy groups -OCH3 is 2. The van der Waals surface area contributed by atoms with Gasteiger partial charge in [0.25, 0.3) is 0 Å². The quantitative estimate of drug-likeness (QED) is 0.398. The highest BCUT2D eigenvalue weighted by Gasteiger charge is 2.43. The molecule has 1 aliphatic heterocycles. The standard InChI is InChI=1S/C26H25N5O2S/c1-32-19-10-11-23(33-2)22(15-19)31-25(24(29-26(31)34)20-8-3-4-13-28-20)21-9-6-14-30(21)17-18-7-5-12-27-16-18/h3-16,24-25H,17H2,1-2H3,(H,29,34). The first-order valence-corrected chi connectivity index (χ1v) is 11.4. The van der Waals surface area contributed by atoms with Gasteiger partial charge in [0, 0.05) is 43.1 Å². The molecule has 0 spiro atoms. The first kappa shape index (κ1) is 21.9. The van der Waals surface area contributed by atoms with Crippen LogP contribution in [0.4, 0.5) is 5.69 Å². The fourth-order valence-electron chi connectivity index (χ4n) is 4.43. The summed E-state index contributed by atoms with van der Waals surface area (Å²) < 4.78 is 13.5. The lowest BCUT2D eigenvalue weighted by atomic mass is 10.0. The summed E-state index contributed by atoms with van der Waals surface area (Å²) in [4.78, 5) is 11.0. The van der Waals surface area contributed by atoms with Crippen molar-refractivity contribution in [2.75, 3.05) is 19.1 Å². The van der Waals surface area contributed by atoms with Gasteiger partial charge in [0.15, 0.2) is 5.11 Å². The minimum atomic E-state index is -0.171. The van der Waals surface area contributed by atoms with E-state index in [1.807, 2.05) is 48.7 Å². The molecule has 7 nitrogen and oxygen atoms in total. The third-order valence-corrected chi connectivity index (χ3v) is 6.30. The van der Waals surface area contributed by atoms with Crippen LogP contribution in [0.15, 0.2) is 85.5 Å². The van der Waals surface area contributed by atoms with E-state index in [-0.39, 0.29) is 12.1 Å². The van der Waals surface area contributed by atoms with Gasteiger partial charge in [-0.25, -0.2) is 0 Å². The van der Waals surface area contributed by atoms with Gasteiger partial charge in [-0.05, 0) is 60.2 Å². The van der Waals surface area contributed by atoms with Crippen molar-refractivity contribution in [1.29, 1.82) is 0 Å². The van der Waals surface area contributed by atoms with E-state index in [9.17, 15) is 0 Å². The lowest BCUT2D eigenvalue weighted by molar-refractivity contribution is 0.402. The minimum Gasteiger partial charge on any atom is -0.497 e. The average molecular weight is 472 g/mol. The number of nitrogens with zero attached hydrogens (tertiary/aromatic N) is 4. The molecular formula is C26H25N5O2S. The van der Waals surface area contributed by atoms with Crippen molar-refractivity contribution in [2.45, 2.75) is 18.6 Å². The second-order valence-electron chi connectivity index (χ2n) is 7.96. The fourth-order valence-corrected chi connectivity index (χ4v) is 4.77. The minimum absolute atomic E-state index is 0.160. The topological polar surface area (TPSA) is 64.4 Å². The van der Waals surface area contributed by atoms with Crippen LogP contribution >= 0.6 is 12.2 Å². The molecule has 0 amide bonds. The molecule has 3 aromatic heterocycles. The van der Waals surface area contributed by atoms with Crippen LogP contribution in [0.3, 0.4) is 0 Å². The smallest absolute Gasteiger partial charge is 0.174 e. The molecule has 4 aromatic rings. The molecule has 34 heavy (non-hydrogen) atoms. The van der Waals surface area contributed by atoms with E-state index in [4.69, 9.17) is 21.7 Å². The summed E-state index contributed by atoms with van der Waals surface area (Å²) in [7, 11) is 3.31. The number of pyridine rings is 2. The van der Waals surface area contributed by atoms with Crippen LogP contribution in [-0.4, -0.2) is 33.9 Å². The zero-order chi connectivity index (χ0) is 23.5. The predicted octanol–water partition coefficient (Wildman–Crippen LogP) is 4.52. The van der Waals surface area contributed by atoms with E-state index in [0.29, 0.717) is 17.4 Å². The van der Waals surface area contributed by atoms with E-state index in [2.05, 4.69) is 49.1 Å². The van der Waals surface area contributed by atoms with E-state index >= 15 is 0 Å². The molecular weight excluding hydrogens is 446 g/mol. The van der Waals surface area contributed by atoms with E-state index < -0.39 is 0 Å². The zero-order valence-corrected chi connectivity index (χ0v) is 19.8. The Morgan fingerprint density at radius 3 is 2.65 bits per heavy atom. The van der Waals surface area contributed by atoms with Crippen molar-refractivity contribution in [3.8, 4) is 11.5 Å². The number of benzene rings is 1. The van der Waals surface area contributed by atoms with Crippen LogP contribution in [0.25, 0.3) is 0 Å². The number of hydrogen-bond donors (Lipinski definition) is 1. The normalized spacial score (nSPS) is 17.5. The lowest BCUT2D eigenvalue weighted by Crippen LogP contribution is -2.30. The molecule has 0 radical (unpaired) electrons. The van der Waals surface area contributed by atoms with Crippen molar-refractivity contribution in [3.05, 3.63) is 102 Å². The maximum Gasteiger partial charge on any atom is 0.174 e. The first-order chi connectivity index (χ1) is 16.7. The molecule has 1 N–H and O–H groups in total. The monoisotopic (exact) mass is 471 g/mol. The summed E-state index contributed by atoms with van der Waals surface area (Å²) in [5.41, 5.74) is 3.95. The van der Waals surface area contributed by atoms with Crippen molar-refractivity contribution in [3.63, 3.8) is 0 Å². The third kappa shape index (κ3) is 4.08. The van der Waals surface area contributed by atoms with Crippen LogP contribution in [0.1, 0.15) is 29.0 Å². The van der Waals surface area contributed by atoms with Gasteiger partial charge in [0.1, 0.15) is 17.5 Å². The van der Waals surface area contributed by atoms with Crippen LogP contribution < -0.4 is 19.7 Å². The molecule has 0 aliphatic carbocycles.